The lowest BCUT2D eigenvalue weighted by atomic mass is 10.0. The van der Waals surface area contributed by atoms with E-state index in [-0.39, 0.29) is 0 Å². The summed E-state index contributed by atoms with van der Waals surface area (Å²) in [6.07, 6.45) is 6.28. The highest BCUT2D eigenvalue weighted by Gasteiger charge is 2.14. The van der Waals surface area contributed by atoms with Gasteiger partial charge in [0.25, 0.3) is 0 Å². The molecule has 2 aromatic carbocycles. The Kier molecular flexibility index (Phi) is 4.38. The number of para-hydroxylation sites is 1. The number of benzene rings is 2. The molecule has 0 radical (unpaired) electrons. The van der Waals surface area contributed by atoms with Crippen molar-refractivity contribution in [2.45, 2.75) is 6.42 Å². The van der Waals surface area contributed by atoms with Crippen LogP contribution in [0.3, 0.4) is 0 Å². The first-order valence-corrected chi connectivity index (χ1v) is 9.24. The summed E-state index contributed by atoms with van der Waals surface area (Å²) in [5, 5.41) is 19.0. The van der Waals surface area contributed by atoms with Gasteiger partial charge in [0.05, 0.1) is 5.69 Å². The zero-order valence-electron chi connectivity index (χ0n) is 15.5. The van der Waals surface area contributed by atoms with Crippen LogP contribution in [0.15, 0.2) is 85.3 Å². The number of nitrogens with zero attached hydrogens (tertiary/aromatic N) is 6. The van der Waals surface area contributed by atoms with Gasteiger partial charge in [0.15, 0.2) is 5.82 Å². The van der Waals surface area contributed by atoms with E-state index in [1.54, 1.807) is 12.4 Å². The Bertz CT molecular complexity index is 1200. The van der Waals surface area contributed by atoms with E-state index in [0.29, 0.717) is 12.2 Å². The number of tetrazole rings is 1. The zero-order chi connectivity index (χ0) is 19.5. The molecule has 0 atom stereocenters. The van der Waals surface area contributed by atoms with E-state index in [1.807, 2.05) is 47.1 Å². The van der Waals surface area contributed by atoms with E-state index in [4.69, 9.17) is 5.10 Å². The Balaban J connectivity index is 1.55. The van der Waals surface area contributed by atoms with Gasteiger partial charge in [-0.3, -0.25) is 4.98 Å². The van der Waals surface area contributed by atoms with E-state index in [0.717, 1.165) is 33.6 Å². The zero-order valence-corrected chi connectivity index (χ0v) is 15.5. The van der Waals surface area contributed by atoms with Crippen LogP contribution in [-0.4, -0.2) is 35.4 Å². The normalized spacial score (nSPS) is 10.9. The summed E-state index contributed by atoms with van der Waals surface area (Å²) in [7, 11) is 0. The van der Waals surface area contributed by atoms with Crippen LogP contribution in [0.5, 0.6) is 0 Å². The molecular formula is C22H17N7. The summed E-state index contributed by atoms with van der Waals surface area (Å²) in [5.41, 5.74) is 6.24. The van der Waals surface area contributed by atoms with Crippen molar-refractivity contribution >= 4 is 0 Å². The number of hydrogen-bond donors (Lipinski definition) is 1. The van der Waals surface area contributed by atoms with Gasteiger partial charge >= 0.3 is 0 Å². The molecule has 7 heteroatoms. The molecule has 0 aliphatic heterocycles. The van der Waals surface area contributed by atoms with Crippen molar-refractivity contribution in [2.75, 3.05) is 0 Å². The predicted octanol–water partition coefficient (Wildman–Crippen LogP) is 3.71. The number of pyridine rings is 1. The summed E-state index contributed by atoms with van der Waals surface area (Å²) < 4.78 is 1.91. The lowest BCUT2D eigenvalue weighted by Crippen LogP contribution is -1.93. The van der Waals surface area contributed by atoms with Crippen molar-refractivity contribution in [3.05, 3.63) is 96.7 Å². The largest absolute Gasteiger partial charge is 0.265 e. The molecular weight excluding hydrogens is 362 g/mol. The number of hydrogen-bond acceptors (Lipinski definition) is 5. The van der Waals surface area contributed by atoms with Crippen LogP contribution < -0.4 is 0 Å². The van der Waals surface area contributed by atoms with Crippen molar-refractivity contribution in [3.63, 3.8) is 0 Å². The topological polar surface area (TPSA) is 85.2 Å². The molecule has 3 heterocycles. The molecule has 140 valence electrons. The van der Waals surface area contributed by atoms with Crippen molar-refractivity contribution in [1.82, 2.24) is 35.4 Å². The first-order valence-electron chi connectivity index (χ1n) is 9.24. The highest BCUT2D eigenvalue weighted by atomic mass is 15.5. The maximum atomic E-state index is 4.87. The first kappa shape index (κ1) is 17.0. The standard InChI is InChI=1S/C22H17N7/c1-2-4-19(5-3-1)29-15-20(22(26-29)18-10-12-23-13-11-18)17-8-6-16(7-9-17)14-21-24-27-28-25-21/h1-13,15H,14H2,(H,24,25,27,28). The molecule has 0 aliphatic carbocycles. The third kappa shape index (κ3) is 3.53. The van der Waals surface area contributed by atoms with Crippen LogP contribution in [-0.2, 0) is 6.42 Å². The van der Waals surface area contributed by atoms with Crippen molar-refractivity contribution in [2.24, 2.45) is 0 Å². The van der Waals surface area contributed by atoms with Crippen LogP contribution in [0.25, 0.3) is 28.1 Å². The van der Waals surface area contributed by atoms with E-state index in [2.05, 4.69) is 56.1 Å². The highest BCUT2D eigenvalue weighted by Crippen LogP contribution is 2.32. The predicted molar refractivity (Wildman–Crippen MR) is 109 cm³/mol. The molecule has 0 bridgehead atoms. The number of H-pyrrole nitrogens is 1. The molecule has 0 saturated carbocycles. The Morgan fingerprint density at radius 3 is 2.34 bits per heavy atom. The van der Waals surface area contributed by atoms with E-state index >= 15 is 0 Å². The minimum atomic E-state index is 0.636. The second kappa shape index (κ2) is 7.47. The number of nitrogens with one attached hydrogen (secondary N) is 1. The Morgan fingerprint density at radius 1 is 0.828 bits per heavy atom. The Labute approximate surface area is 167 Å². The fourth-order valence-electron chi connectivity index (χ4n) is 3.26. The molecule has 0 saturated heterocycles. The second-order valence-corrected chi connectivity index (χ2v) is 6.61. The molecule has 7 nitrogen and oxygen atoms in total. The summed E-state index contributed by atoms with van der Waals surface area (Å²) in [6.45, 7) is 0. The minimum Gasteiger partial charge on any atom is -0.265 e. The van der Waals surface area contributed by atoms with Crippen molar-refractivity contribution in [3.8, 4) is 28.1 Å². The monoisotopic (exact) mass is 379 g/mol. The smallest absolute Gasteiger partial charge is 0.178 e. The Morgan fingerprint density at radius 2 is 1.62 bits per heavy atom. The molecule has 0 spiro atoms. The summed E-state index contributed by atoms with van der Waals surface area (Å²) >= 11 is 0. The van der Waals surface area contributed by atoms with Crippen LogP contribution in [0.1, 0.15) is 11.4 Å². The van der Waals surface area contributed by atoms with Gasteiger partial charge in [-0.1, -0.05) is 47.7 Å². The van der Waals surface area contributed by atoms with Gasteiger partial charge in [0, 0.05) is 36.1 Å². The fraction of sp³-hybridized carbons (Fsp3) is 0.0455. The Hall–Kier alpha value is -4.13. The maximum Gasteiger partial charge on any atom is 0.178 e. The SMILES string of the molecule is c1ccc(-n2cc(-c3ccc(Cc4nn[nH]n4)cc3)c(-c3ccncc3)n2)cc1. The van der Waals surface area contributed by atoms with Crippen LogP contribution >= 0.6 is 0 Å². The number of aromatic nitrogens is 7. The number of aromatic amines is 1. The first-order chi connectivity index (χ1) is 14.4. The molecule has 5 rings (SSSR count). The minimum absolute atomic E-state index is 0.636. The average molecular weight is 379 g/mol. The molecule has 1 N–H and O–H groups in total. The van der Waals surface area contributed by atoms with Gasteiger partial charge in [-0.25, -0.2) is 4.68 Å². The molecule has 0 aliphatic rings. The quantitative estimate of drug-likeness (QED) is 0.503. The van der Waals surface area contributed by atoms with Crippen LogP contribution in [0, 0.1) is 0 Å². The third-order valence-corrected chi connectivity index (χ3v) is 4.71. The lowest BCUT2D eigenvalue weighted by Gasteiger charge is -2.04. The summed E-state index contributed by atoms with van der Waals surface area (Å²) in [4.78, 5) is 4.13. The average Bonchev–Trinajstić information content (AvgIpc) is 3.46. The molecule has 0 unspecified atom stereocenters. The van der Waals surface area contributed by atoms with E-state index in [9.17, 15) is 0 Å². The van der Waals surface area contributed by atoms with Gasteiger partial charge in [0.2, 0.25) is 0 Å². The number of rotatable bonds is 5. The van der Waals surface area contributed by atoms with Gasteiger partial charge in [0.1, 0.15) is 5.69 Å². The van der Waals surface area contributed by atoms with Gasteiger partial charge < -0.3 is 0 Å². The third-order valence-electron chi connectivity index (χ3n) is 4.71. The lowest BCUT2D eigenvalue weighted by molar-refractivity contribution is 0.881. The molecule has 0 fully saturated rings. The summed E-state index contributed by atoms with van der Waals surface area (Å²) in [6, 6.07) is 22.4. The maximum absolute atomic E-state index is 4.87. The molecule has 29 heavy (non-hydrogen) atoms. The van der Waals surface area contributed by atoms with Crippen LogP contribution in [0.2, 0.25) is 0 Å². The second-order valence-electron chi connectivity index (χ2n) is 6.61. The van der Waals surface area contributed by atoms with Crippen LogP contribution in [0.4, 0.5) is 0 Å². The van der Waals surface area contributed by atoms with Crippen molar-refractivity contribution < 1.29 is 0 Å². The van der Waals surface area contributed by atoms with Crippen molar-refractivity contribution in [1.29, 1.82) is 0 Å². The van der Waals surface area contributed by atoms with E-state index in [1.165, 1.54) is 0 Å². The van der Waals surface area contributed by atoms with Gasteiger partial charge in [-0.05, 0) is 35.4 Å². The van der Waals surface area contributed by atoms with Gasteiger partial charge in [-0.2, -0.15) is 10.3 Å². The van der Waals surface area contributed by atoms with Gasteiger partial charge in [-0.15, -0.1) is 10.2 Å². The summed E-state index contributed by atoms with van der Waals surface area (Å²) in [5.74, 6) is 0.673. The molecule has 3 aromatic heterocycles. The fourth-order valence-corrected chi connectivity index (χ4v) is 3.26. The molecule has 5 aromatic rings. The highest BCUT2D eigenvalue weighted by molar-refractivity contribution is 5.80. The molecule has 0 amide bonds. The van der Waals surface area contributed by atoms with E-state index < -0.39 is 0 Å².